The molecule has 1 aromatic heterocycles. The molecule has 2 aromatic carbocycles. The van der Waals surface area contributed by atoms with Gasteiger partial charge in [0, 0.05) is 22.2 Å². The summed E-state index contributed by atoms with van der Waals surface area (Å²) in [4.78, 5) is 16.8. The lowest BCUT2D eigenvalue weighted by molar-refractivity contribution is -0.118. The highest BCUT2D eigenvalue weighted by Gasteiger charge is 2.20. The van der Waals surface area contributed by atoms with Crippen LogP contribution in [0.3, 0.4) is 0 Å². The van der Waals surface area contributed by atoms with Gasteiger partial charge in [-0.15, -0.1) is 11.3 Å². The normalized spacial score (nSPS) is 11.2. The van der Waals surface area contributed by atoms with Gasteiger partial charge in [-0.25, -0.2) is 4.98 Å². The Hall–Kier alpha value is -2.86. The maximum Gasteiger partial charge on any atom is 0.262 e. The molecular weight excluding hydrogens is 384 g/mol. The molecule has 0 radical (unpaired) electrons. The van der Waals surface area contributed by atoms with Gasteiger partial charge in [-0.3, -0.25) is 4.79 Å². The number of rotatable bonds is 6. The standard InChI is InChI=1S/C23H26N2O3S/c1-15-24-20(14-29-15)16-6-8-17(9-7-16)25-22(26)13-28-21-11-10-18(27-5)12-19(21)23(2,3)4/h6-12,14H,13H2,1-5H3,(H,25,26). The van der Waals surface area contributed by atoms with E-state index in [1.54, 1.807) is 18.4 Å². The second-order valence-corrected chi connectivity index (χ2v) is 8.84. The van der Waals surface area contributed by atoms with Crippen molar-refractivity contribution in [2.45, 2.75) is 33.1 Å². The molecule has 0 saturated heterocycles. The minimum absolute atomic E-state index is 0.0670. The molecule has 3 aromatic rings. The van der Waals surface area contributed by atoms with Gasteiger partial charge in [-0.1, -0.05) is 32.9 Å². The van der Waals surface area contributed by atoms with Gasteiger partial charge in [-0.05, 0) is 42.7 Å². The summed E-state index contributed by atoms with van der Waals surface area (Å²) < 4.78 is 11.1. The van der Waals surface area contributed by atoms with Crippen molar-refractivity contribution >= 4 is 22.9 Å². The number of carbonyl (C=O) groups excluding carboxylic acids is 1. The number of anilines is 1. The van der Waals surface area contributed by atoms with Crippen LogP contribution >= 0.6 is 11.3 Å². The summed E-state index contributed by atoms with van der Waals surface area (Å²) in [6, 6.07) is 13.3. The number of thiazole rings is 1. The highest BCUT2D eigenvalue weighted by molar-refractivity contribution is 7.09. The van der Waals surface area contributed by atoms with E-state index in [1.807, 2.05) is 54.8 Å². The monoisotopic (exact) mass is 410 g/mol. The molecule has 0 fully saturated rings. The Bertz CT molecular complexity index is 988. The predicted molar refractivity (Wildman–Crippen MR) is 118 cm³/mol. The smallest absolute Gasteiger partial charge is 0.262 e. The lowest BCUT2D eigenvalue weighted by atomic mass is 9.86. The molecule has 3 rings (SSSR count). The van der Waals surface area contributed by atoms with Crippen LogP contribution in [-0.4, -0.2) is 24.6 Å². The van der Waals surface area contributed by atoms with Crippen molar-refractivity contribution < 1.29 is 14.3 Å². The summed E-state index contributed by atoms with van der Waals surface area (Å²) in [6.45, 7) is 8.21. The second kappa shape index (κ2) is 8.66. The molecule has 5 nitrogen and oxygen atoms in total. The highest BCUT2D eigenvalue weighted by atomic mass is 32.1. The van der Waals surface area contributed by atoms with Crippen molar-refractivity contribution in [3.05, 3.63) is 58.4 Å². The van der Waals surface area contributed by atoms with Crippen molar-refractivity contribution in [2.75, 3.05) is 19.0 Å². The number of aryl methyl sites for hydroxylation is 1. The van der Waals surface area contributed by atoms with E-state index in [0.717, 1.165) is 33.3 Å². The molecule has 1 amide bonds. The number of ether oxygens (including phenoxy) is 2. The molecule has 1 N–H and O–H groups in total. The zero-order valence-electron chi connectivity index (χ0n) is 17.4. The second-order valence-electron chi connectivity index (χ2n) is 7.78. The van der Waals surface area contributed by atoms with Crippen molar-refractivity contribution in [1.82, 2.24) is 4.98 Å². The first-order valence-corrected chi connectivity index (χ1v) is 10.3. The number of benzene rings is 2. The van der Waals surface area contributed by atoms with Crippen LogP contribution in [0.5, 0.6) is 11.5 Å². The molecule has 0 saturated carbocycles. The minimum Gasteiger partial charge on any atom is -0.497 e. The van der Waals surface area contributed by atoms with Gasteiger partial charge < -0.3 is 14.8 Å². The molecule has 0 aliphatic heterocycles. The number of aromatic nitrogens is 1. The molecule has 0 aliphatic carbocycles. The van der Waals surface area contributed by atoms with E-state index in [-0.39, 0.29) is 17.9 Å². The lowest BCUT2D eigenvalue weighted by Gasteiger charge is -2.23. The number of carbonyl (C=O) groups is 1. The Morgan fingerprint density at radius 1 is 1.14 bits per heavy atom. The topological polar surface area (TPSA) is 60.5 Å². The average Bonchev–Trinajstić information content (AvgIpc) is 3.12. The molecule has 152 valence electrons. The zero-order valence-corrected chi connectivity index (χ0v) is 18.2. The van der Waals surface area contributed by atoms with E-state index in [0.29, 0.717) is 5.75 Å². The summed E-state index contributed by atoms with van der Waals surface area (Å²) in [5, 5.41) is 5.93. The van der Waals surface area contributed by atoms with Crippen LogP contribution in [-0.2, 0) is 10.2 Å². The van der Waals surface area contributed by atoms with Crippen LogP contribution in [0.25, 0.3) is 11.3 Å². The molecule has 1 heterocycles. The summed E-state index contributed by atoms with van der Waals surface area (Å²) >= 11 is 1.62. The van der Waals surface area contributed by atoms with Gasteiger partial charge in [0.05, 0.1) is 17.8 Å². The van der Waals surface area contributed by atoms with Crippen molar-refractivity contribution in [1.29, 1.82) is 0 Å². The molecule has 0 bridgehead atoms. The van der Waals surface area contributed by atoms with E-state index in [9.17, 15) is 4.79 Å². The fourth-order valence-corrected chi connectivity index (χ4v) is 3.53. The molecule has 0 aliphatic rings. The van der Waals surface area contributed by atoms with E-state index >= 15 is 0 Å². The molecule has 0 atom stereocenters. The van der Waals surface area contributed by atoms with Gasteiger partial charge in [0.2, 0.25) is 0 Å². The number of hydrogen-bond donors (Lipinski definition) is 1. The van der Waals surface area contributed by atoms with E-state index in [1.165, 1.54) is 0 Å². The number of methoxy groups -OCH3 is 1. The van der Waals surface area contributed by atoms with Gasteiger partial charge in [-0.2, -0.15) is 0 Å². The van der Waals surface area contributed by atoms with Crippen LogP contribution in [0.15, 0.2) is 47.8 Å². The van der Waals surface area contributed by atoms with Gasteiger partial charge in [0.1, 0.15) is 11.5 Å². The lowest BCUT2D eigenvalue weighted by Crippen LogP contribution is -2.22. The third-order valence-corrected chi connectivity index (χ3v) is 5.21. The molecule has 0 unspecified atom stereocenters. The Kier molecular flexibility index (Phi) is 6.23. The Morgan fingerprint density at radius 3 is 2.45 bits per heavy atom. The molecule has 0 spiro atoms. The Labute approximate surface area is 175 Å². The molecule has 6 heteroatoms. The first-order chi connectivity index (χ1) is 13.8. The van der Waals surface area contributed by atoms with Gasteiger partial charge in [0.25, 0.3) is 5.91 Å². The summed E-state index contributed by atoms with van der Waals surface area (Å²) in [7, 11) is 1.64. The molecule has 29 heavy (non-hydrogen) atoms. The van der Waals surface area contributed by atoms with Crippen molar-refractivity contribution in [3.63, 3.8) is 0 Å². The number of amides is 1. The fourth-order valence-electron chi connectivity index (χ4n) is 2.91. The average molecular weight is 411 g/mol. The van der Waals surface area contributed by atoms with Gasteiger partial charge >= 0.3 is 0 Å². The summed E-state index contributed by atoms with van der Waals surface area (Å²) in [5.74, 6) is 1.24. The Balaban J connectivity index is 1.63. The van der Waals surface area contributed by atoms with Crippen LogP contribution in [0.1, 0.15) is 31.3 Å². The maximum atomic E-state index is 12.4. The SMILES string of the molecule is COc1ccc(OCC(=O)Nc2ccc(-c3csc(C)n3)cc2)c(C(C)(C)C)c1. The quantitative estimate of drug-likeness (QED) is 0.588. The number of nitrogens with one attached hydrogen (secondary N) is 1. The van der Waals surface area contributed by atoms with Crippen LogP contribution in [0, 0.1) is 6.92 Å². The number of hydrogen-bond acceptors (Lipinski definition) is 5. The third kappa shape index (κ3) is 5.35. The molecular formula is C23H26N2O3S. The number of nitrogens with zero attached hydrogens (tertiary/aromatic N) is 1. The van der Waals surface area contributed by atoms with E-state index in [4.69, 9.17) is 9.47 Å². The van der Waals surface area contributed by atoms with Crippen LogP contribution in [0.4, 0.5) is 5.69 Å². The summed E-state index contributed by atoms with van der Waals surface area (Å²) in [5.41, 5.74) is 3.55. The minimum atomic E-state index is -0.210. The fraction of sp³-hybridized carbons (Fsp3) is 0.304. The highest BCUT2D eigenvalue weighted by Crippen LogP contribution is 2.34. The maximum absolute atomic E-state index is 12.4. The first kappa shape index (κ1) is 20.9. The summed E-state index contributed by atoms with van der Waals surface area (Å²) in [6.07, 6.45) is 0. The zero-order chi connectivity index (χ0) is 21.0. The van der Waals surface area contributed by atoms with Gasteiger partial charge in [0.15, 0.2) is 6.61 Å². The van der Waals surface area contributed by atoms with Crippen LogP contribution < -0.4 is 14.8 Å². The van der Waals surface area contributed by atoms with E-state index < -0.39 is 0 Å². The first-order valence-electron chi connectivity index (χ1n) is 9.40. The van der Waals surface area contributed by atoms with Crippen molar-refractivity contribution in [2.24, 2.45) is 0 Å². The van der Waals surface area contributed by atoms with Crippen LogP contribution in [0.2, 0.25) is 0 Å². The third-order valence-electron chi connectivity index (χ3n) is 4.44. The van der Waals surface area contributed by atoms with Crippen molar-refractivity contribution in [3.8, 4) is 22.8 Å². The Morgan fingerprint density at radius 2 is 1.86 bits per heavy atom. The largest absolute Gasteiger partial charge is 0.497 e. The predicted octanol–water partition coefficient (Wildman–Crippen LogP) is 5.44. The van der Waals surface area contributed by atoms with E-state index in [2.05, 4.69) is 31.1 Å².